The van der Waals surface area contributed by atoms with Gasteiger partial charge in [0.1, 0.15) is 0 Å². The third-order valence-electron chi connectivity index (χ3n) is 1.05. The Kier molecular flexibility index (Phi) is 0.745. The normalized spacial score (nSPS) is 10.2. The summed E-state index contributed by atoms with van der Waals surface area (Å²) in [6.07, 6.45) is 3.20. The Morgan fingerprint density at radius 2 is 2.44 bits per heavy atom. The molecule has 0 aliphatic heterocycles. The Morgan fingerprint density at radius 1 is 1.44 bits per heavy atom. The summed E-state index contributed by atoms with van der Waals surface area (Å²) in [6, 6.07) is 1.79. The zero-order valence-electron chi connectivity index (χ0n) is 4.48. The third kappa shape index (κ3) is 0.561. The van der Waals surface area contributed by atoms with Crippen LogP contribution in [0.1, 0.15) is 0 Å². The van der Waals surface area contributed by atoms with Crippen LogP contribution in [0.4, 0.5) is 0 Å². The van der Waals surface area contributed by atoms with E-state index in [9.17, 15) is 0 Å². The quantitative estimate of drug-likeness (QED) is 0.512. The van der Waals surface area contributed by atoms with Gasteiger partial charge in [0.25, 0.3) is 5.71 Å². The molecule has 4 heteroatoms. The highest BCUT2D eigenvalue weighted by molar-refractivity contribution is 5.69. The van der Waals surface area contributed by atoms with E-state index in [0.717, 1.165) is 5.39 Å². The van der Waals surface area contributed by atoms with Gasteiger partial charge in [0.05, 0.1) is 17.8 Å². The molecule has 0 amide bonds. The lowest BCUT2D eigenvalue weighted by atomic mass is 10.4. The van der Waals surface area contributed by atoms with Crippen molar-refractivity contribution in [2.45, 2.75) is 0 Å². The van der Waals surface area contributed by atoms with Gasteiger partial charge in [-0.05, 0) is 6.07 Å². The first-order valence-corrected chi connectivity index (χ1v) is 2.49. The number of nitrogens with zero attached hydrogens (tertiary/aromatic N) is 3. The average molecular weight is 121 g/mol. The van der Waals surface area contributed by atoms with E-state index in [1.165, 1.54) is 0 Å². The van der Waals surface area contributed by atoms with Crippen molar-refractivity contribution in [2.24, 2.45) is 0 Å². The highest BCUT2D eigenvalue weighted by Crippen LogP contribution is 2.05. The van der Waals surface area contributed by atoms with Gasteiger partial charge < -0.3 is 4.52 Å². The standard InChI is InChI=1S/C5H3N3O/c1-2-6-8-5-4(1)3-7-9-5/h1-3H. The highest BCUT2D eigenvalue weighted by atomic mass is 16.5. The molecule has 0 saturated heterocycles. The van der Waals surface area contributed by atoms with Gasteiger partial charge in [0.15, 0.2) is 0 Å². The molecule has 2 aromatic rings. The fraction of sp³-hybridized carbons (Fsp3) is 0. The molecule has 44 valence electrons. The fourth-order valence-electron chi connectivity index (χ4n) is 0.631. The van der Waals surface area contributed by atoms with Gasteiger partial charge >= 0.3 is 0 Å². The van der Waals surface area contributed by atoms with E-state index < -0.39 is 0 Å². The maximum absolute atomic E-state index is 4.69. The van der Waals surface area contributed by atoms with Crippen molar-refractivity contribution in [1.82, 2.24) is 15.4 Å². The Balaban J connectivity index is 2.95. The summed E-state index contributed by atoms with van der Waals surface area (Å²) >= 11 is 0. The lowest BCUT2D eigenvalue weighted by Gasteiger charge is -1.77. The summed E-state index contributed by atoms with van der Waals surface area (Å²) in [5, 5.41) is 11.7. The Bertz CT molecular complexity index is 286. The zero-order valence-corrected chi connectivity index (χ0v) is 4.48. The second-order valence-electron chi connectivity index (χ2n) is 1.62. The molecule has 0 fully saturated rings. The predicted octanol–water partition coefficient (Wildman–Crippen LogP) is 0.618. The first kappa shape index (κ1) is 4.43. The van der Waals surface area contributed by atoms with Crippen molar-refractivity contribution >= 4 is 11.1 Å². The van der Waals surface area contributed by atoms with Gasteiger partial charge in [-0.1, -0.05) is 5.16 Å². The molecule has 0 aromatic carbocycles. The maximum atomic E-state index is 4.69. The van der Waals surface area contributed by atoms with E-state index in [-0.39, 0.29) is 0 Å². The molecule has 0 atom stereocenters. The monoisotopic (exact) mass is 121 g/mol. The molecular weight excluding hydrogens is 118 g/mol. The molecule has 0 saturated carbocycles. The van der Waals surface area contributed by atoms with Crippen molar-refractivity contribution in [3.63, 3.8) is 0 Å². The second kappa shape index (κ2) is 1.51. The van der Waals surface area contributed by atoms with E-state index >= 15 is 0 Å². The van der Waals surface area contributed by atoms with E-state index in [1.807, 2.05) is 0 Å². The van der Waals surface area contributed by atoms with Crippen molar-refractivity contribution in [2.75, 3.05) is 0 Å². The molecule has 0 unspecified atom stereocenters. The Hall–Kier alpha value is -1.45. The summed E-state index contributed by atoms with van der Waals surface area (Å²) in [4.78, 5) is 0. The number of aromatic nitrogens is 3. The topological polar surface area (TPSA) is 51.8 Å². The van der Waals surface area contributed by atoms with E-state index in [4.69, 9.17) is 4.52 Å². The van der Waals surface area contributed by atoms with Crippen molar-refractivity contribution in [1.29, 1.82) is 0 Å². The van der Waals surface area contributed by atoms with Crippen LogP contribution in [0.15, 0.2) is 23.0 Å². The zero-order chi connectivity index (χ0) is 6.10. The number of hydrogen-bond acceptors (Lipinski definition) is 4. The summed E-state index contributed by atoms with van der Waals surface area (Å²) in [5.41, 5.74) is 0.484. The largest absolute Gasteiger partial charge is 0.334 e. The average Bonchev–Trinajstić information content (AvgIpc) is 2.33. The van der Waals surface area contributed by atoms with Gasteiger partial charge in [0, 0.05) is 0 Å². The summed E-state index contributed by atoms with van der Waals surface area (Å²) in [6.45, 7) is 0. The van der Waals surface area contributed by atoms with Gasteiger partial charge in [-0.15, -0.1) is 5.10 Å². The first-order valence-electron chi connectivity index (χ1n) is 2.49. The van der Waals surface area contributed by atoms with Crippen LogP contribution in [0, 0.1) is 0 Å². The fourth-order valence-corrected chi connectivity index (χ4v) is 0.631. The van der Waals surface area contributed by atoms with Crippen LogP contribution in [0.3, 0.4) is 0 Å². The molecule has 9 heavy (non-hydrogen) atoms. The lowest BCUT2D eigenvalue weighted by molar-refractivity contribution is 0.446. The maximum Gasteiger partial charge on any atom is 0.276 e. The molecule has 4 nitrogen and oxygen atoms in total. The first-order chi connectivity index (χ1) is 4.47. The highest BCUT2D eigenvalue weighted by Gasteiger charge is 1.94. The van der Waals surface area contributed by atoms with E-state index in [0.29, 0.717) is 5.71 Å². The number of hydrogen-bond donors (Lipinski definition) is 0. The minimum atomic E-state index is 0.484. The van der Waals surface area contributed by atoms with Crippen LogP contribution in [0.2, 0.25) is 0 Å². The van der Waals surface area contributed by atoms with Crippen molar-refractivity contribution < 1.29 is 4.52 Å². The summed E-state index contributed by atoms with van der Waals surface area (Å²) in [5.74, 6) is 0. The lowest BCUT2D eigenvalue weighted by Crippen LogP contribution is -1.75. The van der Waals surface area contributed by atoms with Crippen LogP contribution in [-0.4, -0.2) is 15.4 Å². The molecule has 0 radical (unpaired) electrons. The van der Waals surface area contributed by atoms with Crippen molar-refractivity contribution in [3.05, 3.63) is 18.5 Å². The molecule has 2 rings (SSSR count). The third-order valence-corrected chi connectivity index (χ3v) is 1.05. The molecule has 0 bridgehead atoms. The van der Waals surface area contributed by atoms with E-state index in [2.05, 4.69) is 15.4 Å². The predicted molar refractivity (Wildman–Crippen MR) is 29.6 cm³/mol. The summed E-state index contributed by atoms with van der Waals surface area (Å²) in [7, 11) is 0. The number of rotatable bonds is 0. The van der Waals surface area contributed by atoms with Gasteiger partial charge in [-0.2, -0.15) is 5.10 Å². The smallest absolute Gasteiger partial charge is 0.276 e. The van der Waals surface area contributed by atoms with Gasteiger partial charge in [-0.25, -0.2) is 0 Å². The van der Waals surface area contributed by atoms with Crippen LogP contribution in [-0.2, 0) is 0 Å². The minimum Gasteiger partial charge on any atom is -0.334 e. The Morgan fingerprint density at radius 3 is 3.33 bits per heavy atom. The molecule has 0 spiro atoms. The second-order valence-corrected chi connectivity index (χ2v) is 1.62. The number of fused-ring (bicyclic) bond motifs is 1. The van der Waals surface area contributed by atoms with E-state index in [1.54, 1.807) is 18.5 Å². The molecule has 0 aliphatic rings. The minimum absolute atomic E-state index is 0.484. The SMILES string of the molecule is c1cc2cnoc2nn1. The summed E-state index contributed by atoms with van der Waals surface area (Å²) < 4.78 is 4.69. The van der Waals surface area contributed by atoms with Crippen LogP contribution >= 0.6 is 0 Å². The van der Waals surface area contributed by atoms with Crippen LogP contribution < -0.4 is 0 Å². The molecule has 2 aromatic heterocycles. The van der Waals surface area contributed by atoms with Crippen LogP contribution in [0.25, 0.3) is 11.1 Å². The molecular formula is C5H3N3O. The van der Waals surface area contributed by atoms with Gasteiger partial charge in [-0.3, -0.25) is 0 Å². The van der Waals surface area contributed by atoms with Crippen LogP contribution in [0.5, 0.6) is 0 Å². The molecule has 2 heterocycles. The molecule has 0 aliphatic carbocycles. The molecule has 0 N–H and O–H groups in total. The van der Waals surface area contributed by atoms with Gasteiger partial charge in [0.2, 0.25) is 0 Å². The van der Waals surface area contributed by atoms with Crippen molar-refractivity contribution in [3.8, 4) is 0 Å². The Labute approximate surface area is 50.5 Å².